The van der Waals surface area contributed by atoms with Gasteiger partial charge in [-0.25, -0.2) is 4.39 Å². The minimum atomic E-state index is -0.853. The highest BCUT2D eigenvalue weighted by molar-refractivity contribution is 5.84. The minimum absolute atomic E-state index is 0.114. The van der Waals surface area contributed by atoms with Crippen molar-refractivity contribution in [1.29, 1.82) is 0 Å². The number of benzene rings is 1. The molecule has 4 heteroatoms. The minimum Gasteiger partial charge on any atom is -0.346 e. The number of halogens is 1. The predicted molar refractivity (Wildman–Crippen MR) is 62.2 cm³/mol. The quantitative estimate of drug-likeness (QED) is 0.686. The Morgan fingerprint density at radius 1 is 1.29 bits per heavy atom. The molecule has 0 amide bonds. The lowest BCUT2D eigenvalue weighted by Gasteiger charge is -2.15. The first-order valence-corrected chi connectivity index (χ1v) is 5.67. The molecule has 0 radical (unpaired) electrons. The van der Waals surface area contributed by atoms with Gasteiger partial charge in [0.25, 0.3) is 0 Å². The van der Waals surface area contributed by atoms with Crippen molar-refractivity contribution in [3.05, 3.63) is 35.6 Å². The highest BCUT2D eigenvalue weighted by Gasteiger charge is 2.18. The van der Waals surface area contributed by atoms with Crippen molar-refractivity contribution in [2.24, 2.45) is 0 Å². The van der Waals surface area contributed by atoms with Crippen molar-refractivity contribution in [3.63, 3.8) is 0 Å². The molecule has 0 unspecified atom stereocenters. The Morgan fingerprint density at radius 2 is 1.94 bits per heavy atom. The molecule has 0 saturated carbocycles. The lowest BCUT2D eigenvalue weighted by molar-refractivity contribution is -0.167. The van der Waals surface area contributed by atoms with Crippen LogP contribution < -0.4 is 0 Å². The van der Waals surface area contributed by atoms with Gasteiger partial charge in [-0.2, -0.15) is 0 Å². The summed E-state index contributed by atoms with van der Waals surface area (Å²) in [5.41, 5.74) is 0.624. The summed E-state index contributed by atoms with van der Waals surface area (Å²) >= 11 is 0. The fourth-order valence-electron chi connectivity index (χ4n) is 1.47. The van der Waals surface area contributed by atoms with Crippen molar-refractivity contribution in [3.8, 4) is 0 Å². The van der Waals surface area contributed by atoms with Gasteiger partial charge >= 0.3 is 0 Å². The summed E-state index contributed by atoms with van der Waals surface area (Å²) in [4.78, 5) is 11.8. The van der Waals surface area contributed by atoms with Crippen LogP contribution in [0.4, 0.5) is 4.39 Å². The van der Waals surface area contributed by atoms with Crippen LogP contribution in [0.1, 0.15) is 19.4 Å². The highest BCUT2D eigenvalue weighted by Crippen LogP contribution is 2.08. The molecule has 1 aromatic carbocycles. The van der Waals surface area contributed by atoms with Crippen LogP contribution in [0.15, 0.2) is 24.3 Å². The second-order valence-electron chi connectivity index (χ2n) is 3.52. The Bertz CT molecular complexity index is 359. The molecule has 0 aromatic heterocycles. The van der Waals surface area contributed by atoms with E-state index in [0.29, 0.717) is 18.8 Å². The van der Waals surface area contributed by atoms with Crippen molar-refractivity contribution in [2.45, 2.75) is 26.6 Å². The molecule has 0 bridgehead atoms. The number of ketones is 1. The van der Waals surface area contributed by atoms with E-state index in [2.05, 4.69) is 0 Å². The Morgan fingerprint density at radius 3 is 2.47 bits per heavy atom. The summed E-state index contributed by atoms with van der Waals surface area (Å²) in [7, 11) is 0. The maximum Gasteiger partial charge on any atom is 0.218 e. The number of rotatable bonds is 7. The monoisotopic (exact) mass is 240 g/mol. The second kappa shape index (κ2) is 7.14. The summed E-state index contributed by atoms with van der Waals surface area (Å²) in [5, 5.41) is 0. The maximum atomic E-state index is 12.9. The molecular formula is C13H17FO3. The van der Waals surface area contributed by atoms with Gasteiger partial charge in [-0.1, -0.05) is 12.1 Å². The Kier molecular flexibility index (Phi) is 5.80. The first-order chi connectivity index (χ1) is 8.17. The van der Waals surface area contributed by atoms with Crippen LogP contribution in [0.3, 0.4) is 0 Å². The Labute approximate surface area is 101 Å². The van der Waals surface area contributed by atoms with Gasteiger partial charge in [0.05, 0.1) is 0 Å². The van der Waals surface area contributed by atoms with Crippen LogP contribution in [-0.2, 0) is 20.7 Å². The van der Waals surface area contributed by atoms with Crippen LogP contribution >= 0.6 is 0 Å². The van der Waals surface area contributed by atoms with Gasteiger partial charge in [-0.3, -0.25) is 4.79 Å². The summed E-state index contributed by atoms with van der Waals surface area (Å²) < 4.78 is 23.3. The lowest BCUT2D eigenvalue weighted by atomic mass is 10.1. The molecule has 0 N–H and O–H groups in total. The van der Waals surface area contributed by atoms with E-state index in [-0.39, 0.29) is 18.0 Å². The van der Waals surface area contributed by atoms with Gasteiger partial charge in [-0.05, 0) is 31.5 Å². The Balaban J connectivity index is 2.62. The van der Waals surface area contributed by atoms with E-state index >= 15 is 0 Å². The molecule has 0 aliphatic rings. The molecule has 0 atom stereocenters. The average molecular weight is 240 g/mol. The van der Waals surface area contributed by atoms with Crippen LogP contribution in [0.25, 0.3) is 0 Å². The van der Waals surface area contributed by atoms with E-state index in [4.69, 9.17) is 9.47 Å². The van der Waals surface area contributed by atoms with Crippen molar-refractivity contribution in [1.82, 2.24) is 0 Å². The second-order valence-corrected chi connectivity index (χ2v) is 3.52. The van der Waals surface area contributed by atoms with Crippen LogP contribution in [0.5, 0.6) is 0 Å². The number of carbonyl (C=O) groups is 1. The number of ether oxygens (including phenoxy) is 2. The summed E-state index contributed by atoms with van der Waals surface area (Å²) in [6, 6.07) is 5.97. The van der Waals surface area contributed by atoms with Gasteiger partial charge in [0.15, 0.2) is 5.78 Å². The largest absolute Gasteiger partial charge is 0.346 e. The summed E-state index contributed by atoms with van der Waals surface area (Å²) in [5.74, 6) is -0.543. The van der Waals surface area contributed by atoms with E-state index in [1.807, 2.05) is 0 Å². The topological polar surface area (TPSA) is 35.5 Å². The van der Waals surface area contributed by atoms with Crippen molar-refractivity contribution < 1.29 is 18.7 Å². The first kappa shape index (κ1) is 13.8. The van der Waals surface area contributed by atoms with E-state index in [1.54, 1.807) is 26.0 Å². The van der Waals surface area contributed by atoms with Crippen molar-refractivity contribution >= 4 is 5.78 Å². The first-order valence-electron chi connectivity index (χ1n) is 5.67. The number of Topliss-reactive ketones (excluding diaryl/α,β-unsaturated/α-hetero) is 1. The Hall–Kier alpha value is -1.26. The van der Waals surface area contributed by atoms with Crippen LogP contribution in [0, 0.1) is 5.82 Å². The zero-order valence-corrected chi connectivity index (χ0v) is 10.1. The standard InChI is InChI=1S/C13H17FO3/c1-3-16-13(17-4-2)12(15)9-10-6-5-7-11(14)8-10/h5-8,13H,3-4,9H2,1-2H3. The van der Waals surface area contributed by atoms with Gasteiger partial charge in [0, 0.05) is 19.6 Å². The molecule has 0 saturated heterocycles. The summed E-state index contributed by atoms with van der Waals surface area (Å²) in [6.07, 6.45) is -0.740. The fourth-order valence-corrected chi connectivity index (χ4v) is 1.47. The third-order valence-corrected chi connectivity index (χ3v) is 2.17. The number of carbonyl (C=O) groups excluding carboxylic acids is 1. The number of hydrogen-bond acceptors (Lipinski definition) is 3. The normalized spacial score (nSPS) is 10.8. The third kappa shape index (κ3) is 4.63. The highest BCUT2D eigenvalue weighted by atomic mass is 19.1. The van der Waals surface area contributed by atoms with Gasteiger partial charge in [0.2, 0.25) is 6.29 Å². The van der Waals surface area contributed by atoms with Crippen LogP contribution in [0.2, 0.25) is 0 Å². The van der Waals surface area contributed by atoms with Gasteiger partial charge in [-0.15, -0.1) is 0 Å². The van der Waals surface area contributed by atoms with E-state index in [0.717, 1.165) is 0 Å². The molecule has 0 spiro atoms. The zero-order valence-electron chi connectivity index (χ0n) is 10.1. The molecule has 0 heterocycles. The molecule has 0 aliphatic heterocycles. The van der Waals surface area contributed by atoms with Crippen LogP contribution in [-0.4, -0.2) is 25.3 Å². The molecule has 1 rings (SSSR count). The van der Waals surface area contributed by atoms with E-state index in [9.17, 15) is 9.18 Å². The molecule has 0 fully saturated rings. The predicted octanol–water partition coefficient (Wildman–Crippen LogP) is 2.34. The van der Waals surface area contributed by atoms with E-state index < -0.39 is 6.29 Å². The molecule has 17 heavy (non-hydrogen) atoms. The number of hydrogen-bond donors (Lipinski definition) is 0. The van der Waals surface area contributed by atoms with Gasteiger partial charge in [0.1, 0.15) is 5.82 Å². The fraction of sp³-hybridized carbons (Fsp3) is 0.462. The molecule has 0 aliphatic carbocycles. The smallest absolute Gasteiger partial charge is 0.218 e. The van der Waals surface area contributed by atoms with E-state index in [1.165, 1.54) is 12.1 Å². The lowest BCUT2D eigenvalue weighted by Crippen LogP contribution is -2.29. The SMILES string of the molecule is CCOC(OCC)C(=O)Cc1cccc(F)c1. The maximum absolute atomic E-state index is 12.9. The summed E-state index contributed by atoms with van der Waals surface area (Å²) in [6.45, 7) is 4.39. The molecular weight excluding hydrogens is 223 g/mol. The molecule has 94 valence electrons. The molecule has 3 nitrogen and oxygen atoms in total. The average Bonchev–Trinajstić information content (AvgIpc) is 2.28. The van der Waals surface area contributed by atoms with Crippen molar-refractivity contribution in [2.75, 3.05) is 13.2 Å². The zero-order chi connectivity index (χ0) is 12.7. The third-order valence-electron chi connectivity index (χ3n) is 2.17. The van der Waals surface area contributed by atoms with Gasteiger partial charge < -0.3 is 9.47 Å². The molecule has 1 aromatic rings.